The minimum atomic E-state index is -4.50. The molecule has 2 heterocycles. The number of hydrogen-bond donors (Lipinski definition) is 0. The van der Waals surface area contributed by atoms with E-state index in [4.69, 9.17) is 14.2 Å². The van der Waals surface area contributed by atoms with Crippen molar-refractivity contribution in [1.29, 1.82) is 0 Å². The van der Waals surface area contributed by atoms with Crippen LogP contribution in [0.3, 0.4) is 0 Å². The third kappa shape index (κ3) is 5.07. The Hall–Kier alpha value is -3.86. The van der Waals surface area contributed by atoms with Crippen molar-refractivity contribution in [2.45, 2.75) is 88.8 Å². The smallest absolute Gasteiger partial charge is 0.416 e. The van der Waals surface area contributed by atoms with Crippen LogP contribution in [0, 0.1) is 5.92 Å². The highest BCUT2D eigenvalue weighted by atomic mass is 19.4. The van der Waals surface area contributed by atoms with Gasteiger partial charge in [-0.15, -0.1) is 0 Å². The van der Waals surface area contributed by atoms with Gasteiger partial charge in [0, 0.05) is 32.0 Å². The number of likely N-dealkylation sites (tertiary alicyclic amines) is 1. The molecule has 0 unspecified atom stereocenters. The SMILES string of the molecule is CC(=O)Oc1ccc2c3c1O[C@H]1[C@@H](N(CC(C)C)C(=O)C=Cc4cccc(C(F)(F)F)c4)CC[C@@]4(OC(C)=O)[C@@H](C2)N(C)CC[C@]314. The molecular formula is C35H39F3N2O6. The topological polar surface area (TPSA) is 85.4 Å². The van der Waals surface area contributed by atoms with Crippen LogP contribution in [0.2, 0.25) is 0 Å². The second-order valence-corrected chi connectivity index (χ2v) is 13.4. The molecule has 0 N–H and O–H groups in total. The lowest BCUT2D eigenvalue weighted by atomic mass is 9.48. The van der Waals surface area contributed by atoms with Gasteiger partial charge in [-0.3, -0.25) is 19.3 Å². The highest BCUT2D eigenvalue weighted by Gasteiger charge is 2.75. The molecule has 2 aromatic rings. The zero-order chi connectivity index (χ0) is 33.2. The molecule has 2 aromatic carbocycles. The summed E-state index contributed by atoms with van der Waals surface area (Å²) in [6.45, 7) is 7.80. The molecule has 246 valence electrons. The van der Waals surface area contributed by atoms with E-state index >= 15 is 0 Å². The Balaban J connectivity index is 1.45. The summed E-state index contributed by atoms with van der Waals surface area (Å²) in [7, 11) is 2.03. The predicted molar refractivity (Wildman–Crippen MR) is 163 cm³/mol. The largest absolute Gasteiger partial charge is 0.483 e. The van der Waals surface area contributed by atoms with Gasteiger partial charge in [0.25, 0.3) is 0 Å². The van der Waals surface area contributed by atoms with E-state index in [-0.39, 0.29) is 29.2 Å². The normalized spacial score (nSPS) is 28.1. The molecule has 1 spiro atoms. The van der Waals surface area contributed by atoms with Crippen LogP contribution in [-0.4, -0.2) is 71.6 Å². The number of esters is 2. The lowest BCUT2D eigenvalue weighted by molar-refractivity contribution is -0.221. The number of hydrogen-bond acceptors (Lipinski definition) is 7. The molecule has 8 nitrogen and oxygen atoms in total. The summed E-state index contributed by atoms with van der Waals surface area (Å²) in [6.07, 6.45) is -0.272. The molecule has 0 aromatic heterocycles. The van der Waals surface area contributed by atoms with Gasteiger partial charge in [-0.1, -0.05) is 32.0 Å². The Morgan fingerprint density at radius 1 is 1.13 bits per heavy atom. The molecule has 2 aliphatic carbocycles. The van der Waals surface area contributed by atoms with Gasteiger partial charge >= 0.3 is 18.1 Å². The first kappa shape index (κ1) is 32.1. The summed E-state index contributed by atoms with van der Waals surface area (Å²) >= 11 is 0. The fourth-order valence-electron chi connectivity index (χ4n) is 8.57. The van der Waals surface area contributed by atoms with Crippen LogP contribution in [0.1, 0.15) is 69.2 Å². The average molecular weight is 641 g/mol. The highest BCUT2D eigenvalue weighted by Crippen LogP contribution is 2.67. The van der Waals surface area contributed by atoms with Gasteiger partial charge in [0.1, 0.15) is 11.7 Å². The maximum atomic E-state index is 14.0. The van der Waals surface area contributed by atoms with E-state index in [0.717, 1.165) is 23.3 Å². The van der Waals surface area contributed by atoms with Crippen molar-refractivity contribution in [1.82, 2.24) is 9.80 Å². The van der Waals surface area contributed by atoms with Crippen molar-refractivity contribution < 1.29 is 41.8 Å². The molecule has 46 heavy (non-hydrogen) atoms. The molecule has 2 aliphatic heterocycles. The monoisotopic (exact) mass is 640 g/mol. The van der Waals surface area contributed by atoms with E-state index in [1.54, 1.807) is 11.0 Å². The highest BCUT2D eigenvalue weighted by molar-refractivity contribution is 5.92. The van der Waals surface area contributed by atoms with E-state index < -0.39 is 46.8 Å². The number of halogens is 3. The minimum absolute atomic E-state index is 0.0658. The molecule has 6 rings (SSSR count). The summed E-state index contributed by atoms with van der Waals surface area (Å²) in [5.74, 6) is -0.453. The molecule has 1 amide bonds. The molecular weight excluding hydrogens is 601 g/mol. The van der Waals surface area contributed by atoms with Crippen LogP contribution < -0.4 is 9.47 Å². The standard InChI is InChI=1S/C35H39F3N2O6/c1-20(2)19-40(29(43)12-9-23-7-6-8-25(17-23)35(36,37)38)26-13-14-34(46-22(4)42)28-18-24-10-11-27(44-21(3)41)31-30(24)33(34,32(26)45-31)15-16-39(28)5/h6-12,17,20,26,28,32H,13-16,18-19H2,1-5H3/t26-,28+,32-,33-,34+/m0/s1. The molecule has 2 bridgehead atoms. The number of rotatable bonds is 7. The second-order valence-electron chi connectivity index (χ2n) is 13.4. The molecule has 1 saturated carbocycles. The summed E-state index contributed by atoms with van der Waals surface area (Å²) in [5, 5.41) is 0. The Kier molecular flexibility index (Phi) is 7.98. The summed E-state index contributed by atoms with van der Waals surface area (Å²) in [5.41, 5.74) is -0.393. The van der Waals surface area contributed by atoms with E-state index in [2.05, 4.69) is 4.90 Å². The quantitative estimate of drug-likeness (QED) is 0.223. The Labute approximate surface area is 266 Å². The number of alkyl halides is 3. The van der Waals surface area contributed by atoms with Crippen LogP contribution in [0.5, 0.6) is 11.5 Å². The molecule has 5 atom stereocenters. The Bertz CT molecular complexity index is 1610. The molecule has 2 fully saturated rings. The molecule has 11 heteroatoms. The zero-order valence-electron chi connectivity index (χ0n) is 26.6. The second kappa shape index (κ2) is 11.4. The Morgan fingerprint density at radius 2 is 1.89 bits per heavy atom. The summed E-state index contributed by atoms with van der Waals surface area (Å²) in [6, 6.07) is 7.94. The van der Waals surface area contributed by atoms with Crippen LogP contribution >= 0.6 is 0 Å². The lowest BCUT2D eigenvalue weighted by Crippen LogP contribution is -2.79. The van der Waals surface area contributed by atoms with Gasteiger partial charge in [0.2, 0.25) is 5.91 Å². The number of piperidine rings is 1. The average Bonchev–Trinajstić information content (AvgIpc) is 3.33. The van der Waals surface area contributed by atoms with Gasteiger partial charge in [0.15, 0.2) is 11.5 Å². The number of benzene rings is 2. The fraction of sp³-hybridized carbons (Fsp3) is 0.514. The van der Waals surface area contributed by atoms with Gasteiger partial charge in [0.05, 0.1) is 23.1 Å². The number of amides is 1. The van der Waals surface area contributed by atoms with Gasteiger partial charge in [-0.25, -0.2) is 0 Å². The summed E-state index contributed by atoms with van der Waals surface area (Å²) < 4.78 is 58.9. The van der Waals surface area contributed by atoms with Crippen molar-refractivity contribution in [2.75, 3.05) is 20.1 Å². The lowest BCUT2D eigenvalue weighted by Gasteiger charge is -2.65. The number of ether oxygens (including phenoxy) is 3. The first-order valence-electron chi connectivity index (χ1n) is 15.7. The first-order valence-corrected chi connectivity index (χ1v) is 15.7. The third-order valence-electron chi connectivity index (χ3n) is 10.1. The zero-order valence-corrected chi connectivity index (χ0v) is 26.6. The van der Waals surface area contributed by atoms with Gasteiger partial charge in [-0.2, -0.15) is 13.2 Å². The van der Waals surface area contributed by atoms with Crippen molar-refractivity contribution in [3.05, 3.63) is 64.7 Å². The van der Waals surface area contributed by atoms with E-state index in [9.17, 15) is 27.6 Å². The predicted octanol–water partition coefficient (Wildman–Crippen LogP) is 5.55. The Morgan fingerprint density at radius 3 is 2.57 bits per heavy atom. The van der Waals surface area contributed by atoms with Crippen LogP contribution in [-0.2, 0) is 37.1 Å². The number of carbonyl (C=O) groups is 3. The summed E-state index contributed by atoms with van der Waals surface area (Å²) in [4.78, 5) is 43.0. The van der Waals surface area contributed by atoms with Crippen molar-refractivity contribution in [2.24, 2.45) is 5.92 Å². The van der Waals surface area contributed by atoms with E-state index in [0.29, 0.717) is 44.5 Å². The van der Waals surface area contributed by atoms with Crippen LogP contribution in [0.25, 0.3) is 6.08 Å². The number of likely N-dealkylation sites (N-methyl/N-ethyl adjacent to an activating group) is 1. The van der Waals surface area contributed by atoms with Crippen LogP contribution in [0.15, 0.2) is 42.5 Å². The third-order valence-corrected chi connectivity index (χ3v) is 10.1. The molecule has 1 saturated heterocycles. The fourth-order valence-corrected chi connectivity index (χ4v) is 8.57. The molecule has 0 radical (unpaired) electrons. The van der Waals surface area contributed by atoms with Crippen molar-refractivity contribution in [3.63, 3.8) is 0 Å². The maximum absolute atomic E-state index is 14.0. The van der Waals surface area contributed by atoms with Gasteiger partial charge in [-0.05, 0) is 80.6 Å². The van der Waals surface area contributed by atoms with Crippen molar-refractivity contribution >= 4 is 23.9 Å². The minimum Gasteiger partial charge on any atom is -0.483 e. The van der Waals surface area contributed by atoms with Crippen molar-refractivity contribution in [3.8, 4) is 11.5 Å². The number of carbonyl (C=O) groups excluding carboxylic acids is 3. The maximum Gasteiger partial charge on any atom is 0.416 e. The van der Waals surface area contributed by atoms with Crippen LogP contribution in [0.4, 0.5) is 13.2 Å². The molecule has 4 aliphatic rings. The first-order chi connectivity index (χ1) is 21.7. The van der Waals surface area contributed by atoms with E-state index in [1.165, 1.54) is 38.1 Å². The number of nitrogens with zero attached hydrogens (tertiary/aromatic N) is 2. The van der Waals surface area contributed by atoms with E-state index in [1.807, 2.05) is 27.0 Å². The van der Waals surface area contributed by atoms with Gasteiger partial charge < -0.3 is 19.1 Å².